The van der Waals surface area contributed by atoms with Gasteiger partial charge in [-0.25, -0.2) is 9.59 Å². The number of carbonyl (C=O) groups excluding carboxylic acids is 4. The first-order valence-corrected chi connectivity index (χ1v) is 7.50. The smallest absolute Gasteiger partial charge is 0.374 e. The summed E-state index contributed by atoms with van der Waals surface area (Å²) in [6, 6.07) is 0. The number of ketones is 2. The lowest BCUT2D eigenvalue weighted by Gasteiger charge is -2.36. The van der Waals surface area contributed by atoms with Gasteiger partial charge in [-0.2, -0.15) is 0 Å². The van der Waals surface area contributed by atoms with Gasteiger partial charge in [-0.3, -0.25) is 9.59 Å². The third kappa shape index (κ3) is 5.24. The van der Waals surface area contributed by atoms with Crippen molar-refractivity contribution in [2.75, 3.05) is 13.2 Å². The van der Waals surface area contributed by atoms with Gasteiger partial charge < -0.3 is 9.47 Å². The fourth-order valence-electron chi connectivity index (χ4n) is 1.92. The molecule has 0 aliphatic rings. The molecule has 6 nitrogen and oxygen atoms in total. The molecule has 0 N–H and O–H groups in total. The highest BCUT2D eigenvalue weighted by Gasteiger charge is 2.43. The van der Waals surface area contributed by atoms with E-state index in [9.17, 15) is 19.2 Å². The van der Waals surface area contributed by atoms with Gasteiger partial charge in [0.2, 0.25) is 11.6 Å². The van der Waals surface area contributed by atoms with E-state index in [4.69, 9.17) is 4.74 Å². The predicted molar refractivity (Wildman–Crippen MR) is 80.0 cm³/mol. The maximum absolute atomic E-state index is 12.3. The molecule has 0 aromatic rings. The summed E-state index contributed by atoms with van der Waals surface area (Å²) in [5, 5.41) is 0. The summed E-state index contributed by atoms with van der Waals surface area (Å²) in [5.74, 6) is -4.45. The van der Waals surface area contributed by atoms with E-state index in [0.29, 0.717) is 0 Å². The number of carbonyl (C=O) groups is 4. The van der Waals surface area contributed by atoms with Gasteiger partial charge in [-0.1, -0.05) is 27.7 Å². The molecule has 0 bridgehead atoms. The highest BCUT2D eigenvalue weighted by atomic mass is 16.5. The molecule has 0 fully saturated rings. The summed E-state index contributed by atoms with van der Waals surface area (Å²) < 4.78 is 9.38. The number of rotatable bonds is 9. The zero-order chi connectivity index (χ0) is 17.5. The van der Waals surface area contributed by atoms with Crippen molar-refractivity contribution < 1.29 is 28.7 Å². The van der Waals surface area contributed by atoms with Crippen LogP contribution in [0.5, 0.6) is 0 Å². The van der Waals surface area contributed by atoms with Crippen molar-refractivity contribution in [3.05, 3.63) is 0 Å². The molecule has 6 heteroatoms. The minimum absolute atomic E-state index is 0.0193. The molecule has 126 valence electrons. The van der Waals surface area contributed by atoms with E-state index in [2.05, 4.69) is 4.74 Å². The van der Waals surface area contributed by atoms with Crippen LogP contribution in [0.3, 0.4) is 0 Å². The average Bonchev–Trinajstić information content (AvgIpc) is 2.43. The number of hydrogen-bond donors (Lipinski definition) is 0. The Bertz CT molecular complexity index is 436. The van der Waals surface area contributed by atoms with E-state index in [0.717, 1.165) is 0 Å². The van der Waals surface area contributed by atoms with Crippen molar-refractivity contribution in [3.63, 3.8) is 0 Å². The maximum Gasteiger partial charge on any atom is 0.374 e. The fraction of sp³-hybridized carbons (Fsp3) is 0.750. The second-order valence-electron chi connectivity index (χ2n) is 5.96. The molecule has 0 aliphatic carbocycles. The van der Waals surface area contributed by atoms with E-state index in [1.165, 1.54) is 0 Å². The third-order valence-electron chi connectivity index (χ3n) is 4.07. The third-order valence-corrected chi connectivity index (χ3v) is 4.07. The first-order valence-electron chi connectivity index (χ1n) is 7.50. The summed E-state index contributed by atoms with van der Waals surface area (Å²) in [5.41, 5.74) is -0.647. The number of esters is 2. The molecule has 1 atom stereocenters. The molecule has 22 heavy (non-hydrogen) atoms. The van der Waals surface area contributed by atoms with Crippen molar-refractivity contribution in [3.8, 4) is 0 Å². The molecule has 0 aromatic heterocycles. The van der Waals surface area contributed by atoms with Crippen LogP contribution >= 0.6 is 0 Å². The van der Waals surface area contributed by atoms with Crippen molar-refractivity contribution in [2.24, 2.45) is 17.3 Å². The predicted octanol–water partition coefficient (Wildman–Crippen LogP) is 1.94. The highest BCUT2D eigenvalue weighted by Crippen LogP contribution is 2.38. The summed E-state index contributed by atoms with van der Waals surface area (Å²) in [7, 11) is 0. The van der Waals surface area contributed by atoms with Gasteiger partial charge in [0.25, 0.3) is 0 Å². The Balaban J connectivity index is 5.36. The van der Waals surface area contributed by atoms with Gasteiger partial charge in [-0.15, -0.1) is 0 Å². The van der Waals surface area contributed by atoms with Crippen LogP contribution in [0.4, 0.5) is 0 Å². The minimum atomic E-state index is -0.983. The zero-order valence-corrected chi connectivity index (χ0v) is 14.2. The van der Waals surface area contributed by atoms with Gasteiger partial charge in [0.05, 0.1) is 13.2 Å². The molecule has 0 rings (SSSR count). The molecular weight excluding hydrogens is 288 g/mol. The van der Waals surface area contributed by atoms with Gasteiger partial charge in [0.1, 0.15) is 0 Å². The topological polar surface area (TPSA) is 86.7 Å². The molecule has 0 heterocycles. The van der Waals surface area contributed by atoms with Gasteiger partial charge in [-0.05, 0) is 25.2 Å². The summed E-state index contributed by atoms with van der Waals surface area (Å²) >= 11 is 0. The van der Waals surface area contributed by atoms with Crippen molar-refractivity contribution in [1.82, 2.24) is 0 Å². The summed E-state index contributed by atoms with van der Waals surface area (Å²) in [6.07, 6.45) is -0.359. The quantitative estimate of drug-likeness (QED) is 0.477. The lowest BCUT2D eigenvalue weighted by atomic mass is 9.67. The second-order valence-corrected chi connectivity index (χ2v) is 5.96. The largest absolute Gasteiger partial charge is 0.460 e. The standard InChI is InChI=1S/C16H26O6/c1-7-21-14(19)12(17)9-11(16(5,6)10(3)4)13(18)15(20)22-8-2/h10-11H,7-9H2,1-6H3. The summed E-state index contributed by atoms with van der Waals surface area (Å²) in [4.78, 5) is 47.5. The van der Waals surface area contributed by atoms with Crippen LogP contribution < -0.4 is 0 Å². The van der Waals surface area contributed by atoms with Crippen LogP contribution in [0.1, 0.15) is 48.0 Å². The van der Waals surface area contributed by atoms with Crippen LogP contribution in [0.15, 0.2) is 0 Å². The summed E-state index contributed by atoms with van der Waals surface area (Å²) in [6.45, 7) is 10.7. The van der Waals surface area contributed by atoms with Gasteiger partial charge in [0.15, 0.2) is 0 Å². The van der Waals surface area contributed by atoms with Crippen molar-refractivity contribution >= 4 is 23.5 Å². The van der Waals surface area contributed by atoms with Gasteiger partial charge in [0, 0.05) is 12.3 Å². The highest BCUT2D eigenvalue weighted by molar-refractivity contribution is 6.38. The Labute approximate surface area is 131 Å². The lowest BCUT2D eigenvalue weighted by Crippen LogP contribution is -2.41. The lowest BCUT2D eigenvalue weighted by molar-refractivity contribution is -0.160. The Morgan fingerprint density at radius 2 is 1.36 bits per heavy atom. The first kappa shape index (κ1) is 20.3. The molecular formula is C16H26O6. The molecule has 0 saturated heterocycles. The van der Waals surface area contributed by atoms with E-state index in [1.807, 2.05) is 13.8 Å². The molecule has 0 saturated carbocycles. The fourth-order valence-corrected chi connectivity index (χ4v) is 1.92. The van der Waals surface area contributed by atoms with Crippen molar-refractivity contribution in [1.29, 1.82) is 0 Å². The maximum atomic E-state index is 12.3. The Morgan fingerprint density at radius 1 is 0.909 bits per heavy atom. The monoisotopic (exact) mass is 314 g/mol. The average molecular weight is 314 g/mol. The second kappa shape index (κ2) is 8.66. The molecule has 0 radical (unpaired) electrons. The first-order chi connectivity index (χ1) is 10.1. The molecule has 1 unspecified atom stereocenters. The number of Topliss-reactive ketones (excluding diaryl/α,β-unsaturated/α-hetero) is 2. The van der Waals surface area contributed by atoms with E-state index < -0.39 is 34.8 Å². The van der Waals surface area contributed by atoms with Crippen LogP contribution in [0, 0.1) is 17.3 Å². The molecule has 0 aromatic carbocycles. The number of ether oxygens (including phenoxy) is 2. The Kier molecular flexibility index (Phi) is 7.98. The van der Waals surface area contributed by atoms with Crippen LogP contribution in [0.25, 0.3) is 0 Å². The Hall–Kier alpha value is -1.72. The number of hydrogen-bond acceptors (Lipinski definition) is 6. The van der Waals surface area contributed by atoms with Crippen LogP contribution in [0.2, 0.25) is 0 Å². The zero-order valence-electron chi connectivity index (χ0n) is 14.2. The van der Waals surface area contributed by atoms with Gasteiger partial charge >= 0.3 is 11.9 Å². The van der Waals surface area contributed by atoms with E-state index in [1.54, 1.807) is 27.7 Å². The van der Waals surface area contributed by atoms with E-state index in [-0.39, 0.29) is 25.6 Å². The minimum Gasteiger partial charge on any atom is -0.460 e. The Morgan fingerprint density at radius 3 is 1.77 bits per heavy atom. The van der Waals surface area contributed by atoms with Crippen molar-refractivity contribution in [2.45, 2.75) is 48.0 Å². The van der Waals surface area contributed by atoms with Crippen LogP contribution in [-0.2, 0) is 28.7 Å². The van der Waals surface area contributed by atoms with Crippen LogP contribution in [-0.4, -0.2) is 36.7 Å². The normalized spacial score (nSPS) is 12.7. The molecule has 0 aliphatic heterocycles. The van der Waals surface area contributed by atoms with E-state index >= 15 is 0 Å². The molecule has 0 spiro atoms. The molecule has 0 amide bonds. The SMILES string of the molecule is CCOC(=O)C(=O)CC(C(=O)C(=O)OCC)C(C)(C)C(C)C.